The molecule has 13 heteroatoms. The van der Waals surface area contributed by atoms with Gasteiger partial charge in [-0.15, -0.1) is 0 Å². The topological polar surface area (TPSA) is 151 Å². The lowest BCUT2D eigenvalue weighted by Crippen LogP contribution is -2.53. The van der Waals surface area contributed by atoms with Crippen LogP contribution in [0, 0.1) is 11.7 Å². The molecule has 0 spiro atoms. The van der Waals surface area contributed by atoms with E-state index in [9.17, 15) is 29.0 Å². The minimum absolute atomic E-state index is 0.0621. The number of amides is 2. The number of ether oxygens (including phenoxy) is 1. The van der Waals surface area contributed by atoms with Gasteiger partial charge in [-0.05, 0) is 37.0 Å². The summed E-state index contributed by atoms with van der Waals surface area (Å²) in [5, 5.41) is 20.8. The van der Waals surface area contributed by atoms with Crippen molar-refractivity contribution in [1.29, 1.82) is 0 Å². The summed E-state index contributed by atoms with van der Waals surface area (Å²) in [5.41, 5.74) is 4.66. The van der Waals surface area contributed by atoms with Crippen LogP contribution in [0.3, 0.4) is 0 Å². The van der Waals surface area contributed by atoms with Crippen LogP contribution in [0.25, 0.3) is 0 Å². The number of aromatic nitrogens is 2. The third kappa shape index (κ3) is 6.19. The summed E-state index contributed by atoms with van der Waals surface area (Å²) in [6.45, 7) is 0.965. The molecular weight excluding hydrogens is 569 g/mol. The zero-order valence-corrected chi connectivity index (χ0v) is 23.4. The first-order valence-corrected chi connectivity index (χ1v) is 13.9. The van der Waals surface area contributed by atoms with Crippen LogP contribution < -0.4 is 16.0 Å². The summed E-state index contributed by atoms with van der Waals surface area (Å²) in [5.74, 6) is -1.57. The van der Waals surface area contributed by atoms with Crippen molar-refractivity contribution in [2.45, 2.75) is 37.3 Å². The maximum Gasteiger partial charge on any atom is 0.407 e. The molecule has 5 rings (SSSR count). The highest BCUT2D eigenvalue weighted by molar-refractivity contribution is 6.30. The van der Waals surface area contributed by atoms with E-state index in [0.29, 0.717) is 6.42 Å². The van der Waals surface area contributed by atoms with E-state index in [1.807, 2.05) is 30.3 Å². The monoisotopic (exact) mass is 599 g/mol. The summed E-state index contributed by atoms with van der Waals surface area (Å²) in [7, 11) is 0. The summed E-state index contributed by atoms with van der Waals surface area (Å²) in [6.07, 6.45) is 1.04. The minimum atomic E-state index is -1.29. The third-order valence-electron chi connectivity index (χ3n) is 8.04. The van der Waals surface area contributed by atoms with Crippen LogP contribution in [0.2, 0.25) is 5.02 Å². The van der Waals surface area contributed by atoms with Gasteiger partial charge in [0, 0.05) is 44.1 Å². The van der Waals surface area contributed by atoms with Gasteiger partial charge in [-0.3, -0.25) is 14.2 Å². The number of anilines is 1. The van der Waals surface area contributed by atoms with E-state index in [1.54, 1.807) is 4.90 Å². The predicted octanol–water partition coefficient (Wildman–Crippen LogP) is 3.55. The van der Waals surface area contributed by atoms with E-state index in [0.717, 1.165) is 11.6 Å². The number of nitrogen functional groups attached to an aromatic ring is 1. The number of likely N-dealkylation sites (tertiary alicyclic amines) is 2. The van der Waals surface area contributed by atoms with E-state index in [-0.39, 0.29) is 85.6 Å². The lowest BCUT2D eigenvalue weighted by Gasteiger charge is -2.42. The van der Waals surface area contributed by atoms with Crippen LogP contribution in [0.5, 0.6) is 11.6 Å². The number of aliphatic hydroxyl groups is 1. The molecule has 2 aliphatic rings. The van der Waals surface area contributed by atoms with E-state index in [4.69, 9.17) is 22.1 Å². The zero-order valence-electron chi connectivity index (χ0n) is 22.7. The Morgan fingerprint density at radius 1 is 1.12 bits per heavy atom. The highest BCUT2D eigenvalue weighted by Gasteiger charge is 2.41. The van der Waals surface area contributed by atoms with Crippen molar-refractivity contribution in [3.8, 4) is 11.6 Å². The van der Waals surface area contributed by atoms with E-state index in [2.05, 4.69) is 4.98 Å². The molecule has 1 aromatic heterocycles. The molecule has 4 N–H and O–H groups in total. The number of carbonyl (C=O) groups excluding carboxylic acids is 1. The standard InChI is InChI=1S/C29H31ClFN5O6/c30-22-7-6-19(14-23(22)31)42-25-24(32)27(38)36(17-33-25)16-29(41)9-12-34(13-10-29)26(37)20-8-11-35(28(39)40)15-21(20)18-4-2-1-3-5-18/h1-7,14,17,20-21,41H,8-13,15-16,32H2,(H,39,40)/t20-,21+/m1/s1. The fourth-order valence-corrected chi connectivity index (χ4v) is 5.77. The van der Waals surface area contributed by atoms with Crippen molar-refractivity contribution >= 4 is 29.3 Å². The average molecular weight is 600 g/mol. The summed E-state index contributed by atoms with van der Waals surface area (Å²) in [6, 6.07) is 13.2. The van der Waals surface area contributed by atoms with Crippen LogP contribution in [-0.4, -0.2) is 73.3 Å². The first-order chi connectivity index (χ1) is 20.0. The lowest BCUT2D eigenvalue weighted by molar-refractivity contribution is -0.142. The van der Waals surface area contributed by atoms with Crippen molar-refractivity contribution in [3.05, 3.63) is 81.6 Å². The fourth-order valence-electron chi connectivity index (χ4n) is 5.65. The van der Waals surface area contributed by atoms with Crippen molar-refractivity contribution in [1.82, 2.24) is 19.4 Å². The Balaban J connectivity index is 1.24. The number of carboxylic acid groups (broad SMARTS) is 1. The molecular formula is C29H31ClFN5O6. The largest absolute Gasteiger partial charge is 0.465 e. The van der Waals surface area contributed by atoms with Gasteiger partial charge in [-0.1, -0.05) is 41.9 Å². The Bertz CT molecular complexity index is 1530. The Morgan fingerprint density at radius 3 is 2.50 bits per heavy atom. The number of hydrogen-bond donors (Lipinski definition) is 3. The second-order valence-electron chi connectivity index (χ2n) is 10.8. The molecule has 2 atom stereocenters. The van der Waals surface area contributed by atoms with Gasteiger partial charge in [0.05, 0.1) is 17.2 Å². The molecule has 11 nitrogen and oxygen atoms in total. The van der Waals surface area contributed by atoms with Gasteiger partial charge in [0.2, 0.25) is 11.8 Å². The highest BCUT2D eigenvalue weighted by atomic mass is 35.5. The SMILES string of the molecule is Nc1c(Oc2ccc(Cl)c(F)c2)ncn(CC2(O)CCN(C(=O)[C@@H]3CCN(C(=O)O)C[C@H]3c3ccccc3)CC2)c1=O. The molecule has 0 aliphatic carbocycles. The number of rotatable bonds is 6. The van der Waals surface area contributed by atoms with Gasteiger partial charge in [0.15, 0.2) is 5.69 Å². The van der Waals surface area contributed by atoms with Crippen LogP contribution in [-0.2, 0) is 11.3 Å². The van der Waals surface area contributed by atoms with Crippen molar-refractivity contribution in [2.75, 3.05) is 31.9 Å². The predicted molar refractivity (Wildman–Crippen MR) is 152 cm³/mol. The molecule has 3 heterocycles. The van der Waals surface area contributed by atoms with E-state index < -0.39 is 23.1 Å². The number of nitrogens with two attached hydrogens (primary N) is 1. The maximum atomic E-state index is 13.7. The number of piperidine rings is 2. The first kappa shape index (κ1) is 29.3. The van der Waals surface area contributed by atoms with Crippen molar-refractivity contribution < 1.29 is 28.9 Å². The Kier molecular flexibility index (Phi) is 8.37. The zero-order chi connectivity index (χ0) is 30.0. The molecule has 2 fully saturated rings. The number of halogens is 2. The second-order valence-corrected chi connectivity index (χ2v) is 11.2. The molecule has 0 saturated carbocycles. The van der Waals surface area contributed by atoms with Crippen LogP contribution in [0.15, 0.2) is 59.7 Å². The van der Waals surface area contributed by atoms with Crippen molar-refractivity contribution in [2.24, 2.45) is 5.92 Å². The smallest absolute Gasteiger partial charge is 0.407 e. The number of nitrogens with zero attached hydrogens (tertiary/aromatic N) is 4. The molecule has 2 saturated heterocycles. The van der Waals surface area contributed by atoms with E-state index >= 15 is 0 Å². The molecule has 0 radical (unpaired) electrons. The summed E-state index contributed by atoms with van der Waals surface area (Å²) < 4.78 is 20.4. The molecule has 0 unspecified atom stereocenters. The summed E-state index contributed by atoms with van der Waals surface area (Å²) in [4.78, 5) is 45.4. The van der Waals surface area contributed by atoms with Crippen molar-refractivity contribution in [3.63, 3.8) is 0 Å². The molecule has 2 aromatic carbocycles. The highest BCUT2D eigenvalue weighted by Crippen LogP contribution is 2.35. The van der Waals surface area contributed by atoms with Gasteiger partial charge in [-0.25, -0.2) is 14.2 Å². The molecule has 3 aromatic rings. The normalized spacial score (nSPS) is 20.3. The Morgan fingerprint density at radius 2 is 1.83 bits per heavy atom. The van der Waals surface area contributed by atoms with Gasteiger partial charge in [0.25, 0.3) is 5.56 Å². The van der Waals surface area contributed by atoms with Crippen LogP contribution >= 0.6 is 11.6 Å². The second kappa shape index (κ2) is 12.0. The Hall–Kier alpha value is -4.16. The summed E-state index contributed by atoms with van der Waals surface area (Å²) >= 11 is 5.69. The van der Waals surface area contributed by atoms with E-state index in [1.165, 1.54) is 27.9 Å². The van der Waals surface area contributed by atoms with Gasteiger partial charge >= 0.3 is 6.09 Å². The van der Waals surface area contributed by atoms with Gasteiger partial charge < -0.3 is 30.5 Å². The number of benzene rings is 2. The average Bonchev–Trinajstić information content (AvgIpc) is 2.99. The third-order valence-corrected chi connectivity index (χ3v) is 8.35. The lowest BCUT2D eigenvalue weighted by atomic mass is 9.79. The molecule has 0 bridgehead atoms. The number of hydrogen-bond acceptors (Lipinski definition) is 7. The minimum Gasteiger partial charge on any atom is -0.465 e. The number of carbonyl (C=O) groups is 2. The van der Waals surface area contributed by atoms with Gasteiger partial charge in [0.1, 0.15) is 17.9 Å². The maximum absolute atomic E-state index is 13.7. The quantitative estimate of drug-likeness (QED) is 0.389. The van der Waals surface area contributed by atoms with Crippen LogP contribution in [0.1, 0.15) is 30.7 Å². The molecule has 2 aliphatic heterocycles. The van der Waals surface area contributed by atoms with Crippen LogP contribution in [0.4, 0.5) is 14.9 Å². The molecule has 42 heavy (non-hydrogen) atoms. The fraction of sp³-hybridized carbons (Fsp3) is 0.379. The molecule has 222 valence electrons. The molecule has 2 amide bonds. The first-order valence-electron chi connectivity index (χ1n) is 13.6. The Labute approximate surface area is 245 Å². The van der Waals surface area contributed by atoms with Gasteiger partial charge in [-0.2, -0.15) is 0 Å².